The summed E-state index contributed by atoms with van der Waals surface area (Å²) in [6.45, 7) is 7.61. The highest BCUT2D eigenvalue weighted by molar-refractivity contribution is 5.06. The van der Waals surface area contributed by atoms with Crippen molar-refractivity contribution in [2.75, 3.05) is 6.54 Å². The molecule has 0 spiro atoms. The number of rotatable bonds is 6. The standard InChI is InChI=1S/C12H23N3O/c1-4-7-15-11(5-6-14-15)12(16)10(8-13)9(2)3/h5-6,9-10,12,16H,4,7-8,13H2,1-3H3. The summed E-state index contributed by atoms with van der Waals surface area (Å²) < 4.78 is 1.87. The van der Waals surface area contributed by atoms with Gasteiger partial charge in [-0.1, -0.05) is 20.8 Å². The fraction of sp³-hybridized carbons (Fsp3) is 0.750. The summed E-state index contributed by atoms with van der Waals surface area (Å²) in [7, 11) is 0. The maximum absolute atomic E-state index is 10.3. The van der Waals surface area contributed by atoms with Crippen molar-refractivity contribution in [2.45, 2.75) is 39.8 Å². The van der Waals surface area contributed by atoms with Gasteiger partial charge in [-0.25, -0.2) is 0 Å². The van der Waals surface area contributed by atoms with Crippen LogP contribution in [-0.4, -0.2) is 21.4 Å². The fourth-order valence-corrected chi connectivity index (χ4v) is 1.98. The lowest BCUT2D eigenvalue weighted by atomic mass is 9.88. The minimum absolute atomic E-state index is 0.0901. The highest BCUT2D eigenvalue weighted by Gasteiger charge is 2.25. The average molecular weight is 225 g/mol. The predicted molar refractivity (Wildman–Crippen MR) is 64.9 cm³/mol. The Kier molecular flexibility index (Phi) is 4.96. The van der Waals surface area contributed by atoms with Gasteiger partial charge in [0.2, 0.25) is 0 Å². The van der Waals surface area contributed by atoms with E-state index >= 15 is 0 Å². The minimum Gasteiger partial charge on any atom is -0.386 e. The third-order valence-electron chi connectivity index (χ3n) is 3.02. The first-order valence-corrected chi connectivity index (χ1v) is 6.01. The SMILES string of the molecule is CCCn1nccc1C(O)C(CN)C(C)C. The van der Waals surface area contributed by atoms with Crippen LogP contribution in [0, 0.1) is 11.8 Å². The van der Waals surface area contributed by atoms with Crippen molar-refractivity contribution < 1.29 is 5.11 Å². The maximum Gasteiger partial charge on any atom is 0.0999 e. The van der Waals surface area contributed by atoms with Crippen LogP contribution in [-0.2, 0) is 6.54 Å². The maximum atomic E-state index is 10.3. The predicted octanol–water partition coefficient (Wildman–Crippen LogP) is 1.56. The van der Waals surface area contributed by atoms with Crippen LogP contribution in [0.25, 0.3) is 0 Å². The molecule has 0 radical (unpaired) electrons. The smallest absolute Gasteiger partial charge is 0.0999 e. The highest BCUT2D eigenvalue weighted by Crippen LogP contribution is 2.27. The van der Waals surface area contributed by atoms with Gasteiger partial charge in [-0.15, -0.1) is 0 Å². The average Bonchev–Trinajstić information content (AvgIpc) is 2.66. The first-order chi connectivity index (χ1) is 7.61. The second-order valence-electron chi connectivity index (χ2n) is 4.57. The molecule has 16 heavy (non-hydrogen) atoms. The van der Waals surface area contributed by atoms with Gasteiger partial charge in [-0.2, -0.15) is 5.10 Å². The van der Waals surface area contributed by atoms with E-state index in [9.17, 15) is 5.11 Å². The van der Waals surface area contributed by atoms with Gasteiger partial charge in [0, 0.05) is 18.7 Å². The largest absolute Gasteiger partial charge is 0.386 e. The van der Waals surface area contributed by atoms with Gasteiger partial charge in [-0.3, -0.25) is 4.68 Å². The molecule has 4 nitrogen and oxygen atoms in total. The molecule has 0 saturated carbocycles. The van der Waals surface area contributed by atoms with Gasteiger partial charge in [-0.05, 0) is 24.9 Å². The zero-order valence-corrected chi connectivity index (χ0v) is 10.4. The van der Waals surface area contributed by atoms with E-state index in [1.165, 1.54) is 0 Å². The van der Waals surface area contributed by atoms with Gasteiger partial charge >= 0.3 is 0 Å². The van der Waals surface area contributed by atoms with Crippen LogP contribution in [0.1, 0.15) is 39.0 Å². The number of nitrogens with zero attached hydrogens (tertiary/aromatic N) is 2. The Hall–Kier alpha value is -0.870. The number of nitrogens with two attached hydrogens (primary N) is 1. The van der Waals surface area contributed by atoms with Crippen molar-refractivity contribution in [3.8, 4) is 0 Å². The van der Waals surface area contributed by atoms with E-state index in [-0.39, 0.29) is 5.92 Å². The zero-order valence-electron chi connectivity index (χ0n) is 10.4. The Morgan fingerprint density at radius 2 is 2.19 bits per heavy atom. The lowest BCUT2D eigenvalue weighted by Crippen LogP contribution is -2.28. The summed E-state index contributed by atoms with van der Waals surface area (Å²) >= 11 is 0. The summed E-state index contributed by atoms with van der Waals surface area (Å²) in [4.78, 5) is 0. The third-order valence-corrected chi connectivity index (χ3v) is 3.02. The van der Waals surface area contributed by atoms with Gasteiger partial charge in [0.1, 0.15) is 0 Å². The molecular weight excluding hydrogens is 202 g/mol. The van der Waals surface area contributed by atoms with E-state index in [1.807, 2.05) is 10.7 Å². The van der Waals surface area contributed by atoms with Crippen LogP contribution in [0.5, 0.6) is 0 Å². The molecule has 1 heterocycles. The Labute approximate surface area is 97.5 Å². The van der Waals surface area contributed by atoms with Crippen molar-refractivity contribution in [1.29, 1.82) is 0 Å². The molecule has 4 heteroatoms. The Balaban J connectivity index is 2.85. The van der Waals surface area contributed by atoms with Gasteiger partial charge in [0.15, 0.2) is 0 Å². The van der Waals surface area contributed by atoms with Crippen LogP contribution < -0.4 is 5.73 Å². The summed E-state index contributed by atoms with van der Waals surface area (Å²) in [6, 6.07) is 1.88. The van der Waals surface area contributed by atoms with Crippen LogP contribution in [0.2, 0.25) is 0 Å². The quantitative estimate of drug-likeness (QED) is 0.772. The first kappa shape index (κ1) is 13.2. The lowest BCUT2D eigenvalue weighted by molar-refractivity contribution is 0.0777. The van der Waals surface area contributed by atoms with E-state index in [0.717, 1.165) is 18.7 Å². The molecule has 0 bridgehead atoms. The Bertz CT molecular complexity index is 309. The number of aliphatic hydroxyl groups excluding tert-OH is 1. The topological polar surface area (TPSA) is 64.1 Å². The van der Waals surface area contributed by atoms with Gasteiger partial charge in [0.25, 0.3) is 0 Å². The normalized spacial score (nSPS) is 15.4. The molecule has 1 aromatic rings. The summed E-state index contributed by atoms with van der Waals surface area (Å²) in [5.41, 5.74) is 6.60. The molecule has 92 valence electrons. The molecule has 0 aliphatic carbocycles. The van der Waals surface area contributed by atoms with E-state index in [1.54, 1.807) is 6.20 Å². The molecule has 1 aromatic heterocycles. The number of hydrogen-bond donors (Lipinski definition) is 2. The van der Waals surface area contributed by atoms with Crippen molar-refractivity contribution in [3.63, 3.8) is 0 Å². The van der Waals surface area contributed by atoms with Crippen LogP contribution in [0.4, 0.5) is 0 Å². The van der Waals surface area contributed by atoms with E-state index in [4.69, 9.17) is 5.73 Å². The number of aromatic nitrogens is 2. The number of hydrogen-bond acceptors (Lipinski definition) is 3. The van der Waals surface area contributed by atoms with Crippen molar-refractivity contribution in [3.05, 3.63) is 18.0 Å². The molecule has 0 aliphatic heterocycles. The highest BCUT2D eigenvalue weighted by atomic mass is 16.3. The lowest BCUT2D eigenvalue weighted by Gasteiger charge is -2.25. The van der Waals surface area contributed by atoms with Crippen molar-refractivity contribution >= 4 is 0 Å². The summed E-state index contributed by atoms with van der Waals surface area (Å²) in [5.74, 6) is 0.456. The van der Waals surface area contributed by atoms with E-state index < -0.39 is 6.10 Å². The first-order valence-electron chi connectivity index (χ1n) is 6.01. The number of aryl methyl sites for hydroxylation is 1. The van der Waals surface area contributed by atoms with E-state index in [2.05, 4.69) is 25.9 Å². The Morgan fingerprint density at radius 1 is 1.50 bits per heavy atom. The fourth-order valence-electron chi connectivity index (χ4n) is 1.98. The molecule has 3 N–H and O–H groups in total. The molecule has 1 rings (SSSR count). The van der Waals surface area contributed by atoms with Gasteiger partial charge in [0.05, 0.1) is 11.8 Å². The van der Waals surface area contributed by atoms with Crippen LogP contribution >= 0.6 is 0 Å². The molecular formula is C12H23N3O. The second kappa shape index (κ2) is 6.01. The van der Waals surface area contributed by atoms with Crippen molar-refractivity contribution in [1.82, 2.24) is 9.78 Å². The zero-order chi connectivity index (χ0) is 12.1. The molecule has 0 aliphatic rings. The monoisotopic (exact) mass is 225 g/mol. The summed E-state index contributed by atoms with van der Waals surface area (Å²) in [5, 5.41) is 14.5. The number of aliphatic hydroxyl groups is 1. The summed E-state index contributed by atoms with van der Waals surface area (Å²) in [6.07, 6.45) is 2.23. The molecule has 0 aromatic carbocycles. The third kappa shape index (κ3) is 2.83. The van der Waals surface area contributed by atoms with Gasteiger partial charge < -0.3 is 10.8 Å². The second-order valence-corrected chi connectivity index (χ2v) is 4.57. The molecule has 0 fully saturated rings. The molecule has 2 atom stereocenters. The van der Waals surface area contributed by atoms with E-state index in [0.29, 0.717) is 12.5 Å². The molecule has 0 amide bonds. The molecule has 0 saturated heterocycles. The van der Waals surface area contributed by atoms with Crippen LogP contribution in [0.3, 0.4) is 0 Å². The Morgan fingerprint density at radius 3 is 2.69 bits per heavy atom. The van der Waals surface area contributed by atoms with Crippen LogP contribution in [0.15, 0.2) is 12.3 Å². The van der Waals surface area contributed by atoms with Crippen molar-refractivity contribution in [2.24, 2.45) is 17.6 Å². The molecule has 2 unspecified atom stereocenters. The minimum atomic E-state index is -0.515.